The van der Waals surface area contributed by atoms with Crippen LogP contribution in [0.3, 0.4) is 0 Å². The molecule has 1 aliphatic rings. The van der Waals surface area contributed by atoms with Crippen molar-refractivity contribution in [1.29, 1.82) is 0 Å². The summed E-state index contributed by atoms with van der Waals surface area (Å²) >= 11 is 0. The minimum absolute atomic E-state index is 0.0841. The van der Waals surface area contributed by atoms with Crippen LogP contribution in [0.25, 0.3) is 0 Å². The second kappa shape index (κ2) is 7.80. The standard InChI is InChI=1S/C23H17NO4/c25-20(17-10-11-21-22(14-17)28-15-27-21)12-13-24-19-9-5-4-8-18(19)23(26)16-6-2-1-3-7-16/h1-14,24H,15H2/b13-12+. The van der Waals surface area contributed by atoms with E-state index in [1.807, 2.05) is 30.3 Å². The molecule has 0 atom stereocenters. The molecule has 0 aromatic heterocycles. The number of hydrogen-bond donors (Lipinski definition) is 1. The number of carbonyl (C=O) groups excluding carboxylic acids is 2. The third-order valence-corrected chi connectivity index (χ3v) is 4.34. The molecule has 0 bridgehead atoms. The normalized spacial score (nSPS) is 12.1. The molecule has 5 heteroatoms. The average molecular weight is 371 g/mol. The third kappa shape index (κ3) is 3.64. The molecule has 0 amide bonds. The summed E-state index contributed by atoms with van der Waals surface area (Å²) in [6.07, 6.45) is 2.95. The number of ether oxygens (including phenoxy) is 2. The van der Waals surface area contributed by atoms with E-state index in [1.54, 1.807) is 42.5 Å². The molecule has 1 N–H and O–H groups in total. The Kier molecular flexibility index (Phi) is 4.89. The van der Waals surface area contributed by atoms with E-state index >= 15 is 0 Å². The fourth-order valence-corrected chi connectivity index (χ4v) is 2.91. The number of carbonyl (C=O) groups is 2. The van der Waals surface area contributed by atoms with Gasteiger partial charge in [-0.2, -0.15) is 0 Å². The zero-order chi connectivity index (χ0) is 19.3. The van der Waals surface area contributed by atoms with Crippen LogP contribution < -0.4 is 14.8 Å². The number of benzene rings is 3. The Morgan fingerprint density at radius 3 is 2.43 bits per heavy atom. The van der Waals surface area contributed by atoms with Crippen LogP contribution in [0.2, 0.25) is 0 Å². The molecule has 3 aromatic rings. The average Bonchev–Trinajstić information content (AvgIpc) is 3.22. The maximum Gasteiger partial charge on any atom is 0.231 e. The van der Waals surface area contributed by atoms with Crippen LogP contribution in [0.5, 0.6) is 11.5 Å². The predicted octanol–water partition coefficient (Wildman–Crippen LogP) is 4.45. The molecule has 3 aromatic carbocycles. The number of rotatable bonds is 6. The van der Waals surface area contributed by atoms with Gasteiger partial charge in [-0.25, -0.2) is 0 Å². The van der Waals surface area contributed by atoms with E-state index in [1.165, 1.54) is 12.3 Å². The molecule has 0 radical (unpaired) electrons. The number of anilines is 1. The van der Waals surface area contributed by atoms with Gasteiger partial charge < -0.3 is 14.8 Å². The fourth-order valence-electron chi connectivity index (χ4n) is 2.91. The Bertz CT molecular complexity index is 1060. The van der Waals surface area contributed by atoms with Crippen LogP contribution in [-0.2, 0) is 0 Å². The smallest absolute Gasteiger partial charge is 0.231 e. The van der Waals surface area contributed by atoms with Crippen molar-refractivity contribution in [3.8, 4) is 11.5 Å². The Morgan fingerprint density at radius 2 is 1.57 bits per heavy atom. The first-order valence-corrected chi connectivity index (χ1v) is 8.78. The van der Waals surface area contributed by atoms with E-state index in [2.05, 4.69) is 5.32 Å². The molecule has 0 unspecified atom stereocenters. The van der Waals surface area contributed by atoms with E-state index in [9.17, 15) is 9.59 Å². The van der Waals surface area contributed by atoms with Crippen molar-refractivity contribution < 1.29 is 19.1 Å². The van der Waals surface area contributed by atoms with E-state index < -0.39 is 0 Å². The summed E-state index contributed by atoms with van der Waals surface area (Å²) in [5.74, 6) is 0.926. The highest BCUT2D eigenvalue weighted by molar-refractivity contribution is 6.12. The van der Waals surface area contributed by atoms with Gasteiger partial charge in [-0.3, -0.25) is 9.59 Å². The summed E-state index contributed by atoms with van der Waals surface area (Å²) in [5, 5.41) is 3.04. The van der Waals surface area contributed by atoms with Crippen molar-refractivity contribution in [1.82, 2.24) is 0 Å². The van der Waals surface area contributed by atoms with Gasteiger partial charge in [0.25, 0.3) is 0 Å². The van der Waals surface area contributed by atoms with Crippen molar-refractivity contribution in [2.45, 2.75) is 0 Å². The summed E-state index contributed by atoms with van der Waals surface area (Å²) in [6, 6.07) is 21.3. The highest BCUT2D eigenvalue weighted by Gasteiger charge is 2.15. The summed E-state index contributed by atoms with van der Waals surface area (Å²) < 4.78 is 10.5. The molecule has 28 heavy (non-hydrogen) atoms. The largest absolute Gasteiger partial charge is 0.454 e. The van der Waals surface area contributed by atoms with Crippen LogP contribution in [0, 0.1) is 0 Å². The van der Waals surface area contributed by atoms with E-state index in [-0.39, 0.29) is 18.4 Å². The maximum absolute atomic E-state index is 12.7. The Balaban J connectivity index is 1.49. The molecular weight excluding hydrogens is 354 g/mol. The lowest BCUT2D eigenvalue weighted by Crippen LogP contribution is -2.05. The summed E-state index contributed by atoms with van der Waals surface area (Å²) in [5.41, 5.74) is 2.27. The number of fused-ring (bicyclic) bond motifs is 1. The van der Waals surface area contributed by atoms with Gasteiger partial charge in [0.15, 0.2) is 23.1 Å². The van der Waals surface area contributed by atoms with Gasteiger partial charge in [-0.05, 0) is 30.3 Å². The van der Waals surface area contributed by atoms with Gasteiger partial charge in [0.2, 0.25) is 6.79 Å². The Hall–Kier alpha value is -3.86. The number of allylic oxidation sites excluding steroid dienone is 1. The monoisotopic (exact) mass is 371 g/mol. The fraction of sp³-hybridized carbons (Fsp3) is 0.0435. The molecule has 1 heterocycles. The first-order chi connectivity index (χ1) is 13.7. The number of hydrogen-bond acceptors (Lipinski definition) is 5. The van der Waals surface area contributed by atoms with Gasteiger partial charge in [0, 0.05) is 34.7 Å². The summed E-state index contributed by atoms with van der Waals surface area (Å²) in [7, 11) is 0. The van der Waals surface area contributed by atoms with Crippen molar-refractivity contribution in [3.63, 3.8) is 0 Å². The van der Waals surface area contributed by atoms with Gasteiger partial charge in [-0.15, -0.1) is 0 Å². The second-order valence-corrected chi connectivity index (χ2v) is 6.15. The van der Waals surface area contributed by atoms with Crippen molar-refractivity contribution in [2.24, 2.45) is 0 Å². The molecule has 0 saturated carbocycles. The van der Waals surface area contributed by atoms with Crippen LogP contribution in [0.15, 0.2) is 85.1 Å². The van der Waals surface area contributed by atoms with Crippen LogP contribution >= 0.6 is 0 Å². The Labute approximate surface area is 162 Å². The molecule has 0 fully saturated rings. The highest BCUT2D eigenvalue weighted by atomic mass is 16.7. The van der Waals surface area contributed by atoms with Crippen molar-refractivity contribution >= 4 is 17.3 Å². The number of para-hydroxylation sites is 1. The SMILES string of the molecule is O=C(/C=C/Nc1ccccc1C(=O)c1ccccc1)c1ccc2c(c1)OCO2. The second-order valence-electron chi connectivity index (χ2n) is 6.15. The molecule has 0 aliphatic carbocycles. The number of nitrogens with one attached hydrogen (secondary N) is 1. The van der Waals surface area contributed by atoms with Crippen LogP contribution in [0.4, 0.5) is 5.69 Å². The highest BCUT2D eigenvalue weighted by Crippen LogP contribution is 2.32. The quantitative estimate of drug-likeness (QED) is 0.512. The van der Waals surface area contributed by atoms with Gasteiger partial charge >= 0.3 is 0 Å². The van der Waals surface area contributed by atoms with E-state index in [4.69, 9.17) is 9.47 Å². The predicted molar refractivity (Wildman–Crippen MR) is 106 cm³/mol. The van der Waals surface area contributed by atoms with Crippen LogP contribution in [0.1, 0.15) is 26.3 Å². The first-order valence-electron chi connectivity index (χ1n) is 8.78. The summed E-state index contributed by atoms with van der Waals surface area (Å²) in [6.45, 7) is 0.163. The summed E-state index contributed by atoms with van der Waals surface area (Å²) in [4.78, 5) is 25.1. The minimum atomic E-state index is -0.183. The van der Waals surface area contributed by atoms with Gasteiger partial charge in [0.05, 0.1) is 0 Å². The maximum atomic E-state index is 12.7. The molecule has 0 saturated heterocycles. The van der Waals surface area contributed by atoms with E-state index in [0.717, 1.165) is 0 Å². The lowest BCUT2D eigenvalue weighted by atomic mass is 10.0. The van der Waals surface area contributed by atoms with Gasteiger partial charge in [-0.1, -0.05) is 42.5 Å². The minimum Gasteiger partial charge on any atom is -0.454 e. The molecule has 138 valence electrons. The first kappa shape index (κ1) is 17.5. The topological polar surface area (TPSA) is 64.6 Å². The third-order valence-electron chi connectivity index (χ3n) is 4.34. The van der Waals surface area contributed by atoms with Crippen LogP contribution in [-0.4, -0.2) is 18.4 Å². The molecule has 1 aliphatic heterocycles. The molecule has 0 spiro atoms. The molecule has 5 nitrogen and oxygen atoms in total. The van der Waals surface area contributed by atoms with Crippen molar-refractivity contribution in [3.05, 3.63) is 102 Å². The lowest BCUT2D eigenvalue weighted by Gasteiger charge is -2.08. The zero-order valence-electron chi connectivity index (χ0n) is 14.9. The molecular formula is C23H17NO4. The van der Waals surface area contributed by atoms with Crippen molar-refractivity contribution in [2.75, 3.05) is 12.1 Å². The Morgan fingerprint density at radius 1 is 0.821 bits per heavy atom. The lowest BCUT2D eigenvalue weighted by molar-refractivity contribution is 0.103. The van der Waals surface area contributed by atoms with Gasteiger partial charge in [0.1, 0.15) is 0 Å². The number of ketones is 2. The van der Waals surface area contributed by atoms with E-state index in [0.29, 0.717) is 33.9 Å². The molecule has 4 rings (SSSR count). The zero-order valence-corrected chi connectivity index (χ0v) is 14.9.